The summed E-state index contributed by atoms with van der Waals surface area (Å²) in [4.78, 5) is 23.0. The van der Waals surface area contributed by atoms with Crippen LogP contribution in [0.25, 0.3) is 27.6 Å². The molecule has 6 heteroatoms. The lowest BCUT2D eigenvalue weighted by atomic mass is 9.86. The molecule has 2 amide bonds. The molecule has 4 unspecified atom stereocenters. The smallest absolute Gasteiger partial charge is 0.329 e. The molecular weight excluding hydrogens is 629 g/mol. The topological polar surface area (TPSA) is 50.6 Å². The predicted molar refractivity (Wildman–Crippen MR) is 208 cm³/mol. The summed E-state index contributed by atoms with van der Waals surface area (Å²) in [6.45, 7) is 13.0. The Morgan fingerprint density at radius 3 is 2.12 bits per heavy atom. The third kappa shape index (κ3) is 5.21. The Balaban J connectivity index is 1.16. The number of para-hydroxylation sites is 2. The van der Waals surface area contributed by atoms with E-state index in [2.05, 4.69) is 82.5 Å². The molecular formula is C45H46N4O2. The van der Waals surface area contributed by atoms with E-state index in [0.717, 1.165) is 52.4 Å². The monoisotopic (exact) mass is 679 g/mol. The van der Waals surface area contributed by atoms with Crippen molar-refractivity contribution in [2.75, 3.05) is 9.80 Å². The molecule has 3 fully saturated rings. The standard InChI is InChI=1S/C45H46N4O2/c1-44(2,3)30-20-21-46-40(25-30)49-38-15-11-10-14-36(38)37-19-18-34(27-39(37)49)51-35-24-31(45(4,5)6)23-33(26-35)48-42-29-17-16-28(22-29)41(42)47(43(48)50)32-12-8-7-9-13-32/h7-15,18-21,23-29,41-42H,16-17,22H2,1-6H3/i7D,8D,9D,12D,13D. The van der Waals surface area contributed by atoms with E-state index < -0.39 is 18.1 Å². The van der Waals surface area contributed by atoms with Crippen molar-refractivity contribution >= 4 is 39.2 Å². The molecule has 4 atom stereocenters. The number of fused-ring (bicyclic) bond motifs is 8. The van der Waals surface area contributed by atoms with Gasteiger partial charge in [-0.1, -0.05) is 77.9 Å². The highest BCUT2D eigenvalue weighted by atomic mass is 16.5. The van der Waals surface area contributed by atoms with Crippen LogP contribution in [0.3, 0.4) is 0 Å². The lowest BCUT2D eigenvalue weighted by molar-refractivity contribution is 0.253. The summed E-state index contributed by atoms with van der Waals surface area (Å²) in [5.74, 6) is 2.46. The van der Waals surface area contributed by atoms with Gasteiger partial charge >= 0.3 is 6.03 Å². The van der Waals surface area contributed by atoms with E-state index in [0.29, 0.717) is 17.2 Å². The van der Waals surface area contributed by atoms with Gasteiger partial charge in [0.25, 0.3) is 0 Å². The van der Waals surface area contributed by atoms with Crippen LogP contribution >= 0.6 is 0 Å². The second kappa shape index (κ2) is 11.5. The van der Waals surface area contributed by atoms with E-state index >= 15 is 0 Å². The first kappa shape index (κ1) is 26.7. The Kier molecular flexibility index (Phi) is 5.99. The number of anilines is 2. The van der Waals surface area contributed by atoms with E-state index in [9.17, 15) is 4.79 Å². The summed E-state index contributed by atoms with van der Waals surface area (Å²) in [6, 6.07) is 21.7. The van der Waals surface area contributed by atoms with Crippen LogP contribution in [-0.2, 0) is 10.8 Å². The summed E-state index contributed by atoms with van der Waals surface area (Å²) in [6.07, 6.45) is 4.72. The number of carbonyl (C=O) groups excluding carboxylic acids is 1. The van der Waals surface area contributed by atoms with Crippen LogP contribution in [0, 0.1) is 11.8 Å². The number of rotatable bonds is 5. The minimum absolute atomic E-state index is 0.0410. The third-order valence-electron chi connectivity index (χ3n) is 11.3. The van der Waals surface area contributed by atoms with Crippen LogP contribution in [0.1, 0.15) is 78.8 Å². The minimum atomic E-state index is -0.468. The third-order valence-corrected chi connectivity index (χ3v) is 11.3. The first-order chi connectivity index (χ1) is 26.5. The Bertz CT molecular complexity index is 2580. The molecule has 6 nitrogen and oxygen atoms in total. The van der Waals surface area contributed by atoms with Gasteiger partial charge in [-0.25, -0.2) is 9.78 Å². The van der Waals surface area contributed by atoms with Crippen LogP contribution in [0.4, 0.5) is 16.2 Å². The zero-order valence-corrected chi connectivity index (χ0v) is 30.0. The molecule has 258 valence electrons. The van der Waals surface area contributed by atoms with Crippen LogP contribution in [0.15, 0.2) is 109 Å². The first-order valence-corrected chi connectivity index (χ1v) is 18.1. The maximum Gasteiger partial charge on any atom is 0.329 e. The van der Waals surface area contributed by atoms with Gasteiger partial charge in [0.2, 0.25) is 0 Å². The number of hydrogen-bond acceptors (Lipinski definition) is 3. The molecule has 1 saturated heterocycles. The van der Waals surface area contributed by atoms with Crippen molar-refractivity contribution in [1.29, 1.82) is 0 Å². The molecule has 2 aromatic heterocycles. The van der Waals surface area contributed by atoms with E-state index in [1.807, 2.05) is 47.5 Å². The Hall–Kier alpha value is -5.10. The SMILES string of the molecule is [2H]c1c([2H])c([2H])c(N2C(=O)N(c3cc(Oc4ccc5c6ccccc6n(-c6cc(C(C)(C)C)ccn6)c5c4)cc(C(C)(C)C)c3)C3C4CCC(C4)C32)c([2H])c1[2H]. The molecule has 6 aromatic rings. The maximum atomic E-state index is 14.8. The second-order valence-corrected chi connectivity index (χ2v) is 16.6. The van der Waals surface area contributed by atoms with Crippen LogP contribution in [0.5, 0.6) is 11.5 Å². The van der Waals surface area contributed by atoms with Gasteiger partial charge in [-0.05, 0) is 108 Å². The van der Waals surface area contributed by atoms with E-state index in [1.165, 1.54) is 10.5 Å². The van der Waals surface area contributed by atoms with E-state index in [-0.39, 0.29) is 58.6 Å². The zero-order valence-electron chi connectivity index (χ0n) is 35.0. The average Bonchev–Trinajstić information content (AvgIpc) is 3.92. The maximum absolute atomic E-state index is 14.8. The minimum Gasteiger partial charge on any atom is -0.457 e. The molecule has 9 rings (SSSR count). The number of ether oxygens (including phenoxy) is 1. The lowest BCUT2D eigenvalue weighted by Gasteiger charge is -2.32. The summed E-state index contributed by atoms with van der Waals surface area (Å²) in [7, 11) is 0. The van der Waals surface area contributed by atoms with Crippen molar-refractivity contribution in [2.45, 2.75) is 83.7 Å². The summed E-state index contributed by atoms with van der Waals surface area (Å²) in [5.41, 5.74) is 4.46. The number of amides is 2. The fourth-order valence-electron chi connectivity index (χ4n) is 8.84. The number of benzene rings is 4. The number of pyridine rings is 1. The summed E-state index contributed by atoms with van der Waals surface area (Å²) >= 11 is 0. The van der Waals surface area contributed by atoms with Crippen molar-refractivity contribution in [1.82, 2.24) is 9.55 Å². The molecule has 0 radical (unpaired) electrons. The zero-order chi connectivity index (χ0) is 39.6. The summed E-state index contributed by atoms with van der Waals surface area (Å²) < 4.78 is 51.6. The molecule has 51 heavy (non-hydrogen) atoms. The lowest BCUT2D eigenvalue weighted by Crippen LogP contribution is -2.42. The van der Waals surface area contributed by atoms with Gasteiger partial charge in [0, 0.05) is 40.5 Å². The molecule has 4 aromatic carbocycles. The Morgan fingerprint density at radius 1 is 0.706 bits per heavy atom. The van der Waals surface area contributed by atoms with Crippen LogP contribution in [0.2, 0.25) is 0 Å². The van der Waals surface area contributed by atoms with Crippen molar-refractivity contribution in [3.63, 3.8) is 0 Å². The highest BCUT2D eigenvalue weighted by molar-refractivity contribution is 6.10. The van der Waals surface area contributed by atoms with Crippen molar-refractivity contribution < 1.29 is 16.4 Å². The second-order valence-electron chi connectivity index (χ2n) is 16.6. The molecule has 0 N–H and O–H groups in total. The number of hydrogen-bond donors (Lipinski definition) is 0. The predicted octanol–water partition coefficient (Wildman–Crippen LogP) is 11.2. The van der Waals surface area contributed by atoms with Crippen LogP contribution in [-0.4, -0.2) is 27.7 Å². The fraction of sp³-hybridized carbons (Fsp3) is 0.333. The largest absolute Gasteiger partial charge is 0.457 e. The fourth-order valence-corrected chi connectivity index (χ4v) is 8.84. The van der Waals surface area contributed by atoms with Gasteiger partial charge in [0.05, 0.1) is 30.0 Å². The first-order valence-electron chi connectivity index (χ1n) is 20.6. The van der Waals surface area contributed by atoms with Gasteiger partial charge in [-0.3, -0.25) is 14.4 Å². The number of urea groups is 1. The normalized spacial score (nSPS) is 23.0. The molecule has 2 saturated carbocycles. The van der Waals surface area contributed by atoms with Gasteiger partial charge in [-0.15, -0.1) is 0 Å². The van der Waals surface area contributed by atoms with Gasteiger partial charge in [0.1, 0.15) is 17.3 Å². The van der Waals surface area contributed by atoms with Gasteiger partial charge in [0.15, 0.2) is 0 Å². The van der Waals surface area contributed by atoms with E-state index in [1.54, 1.807) is 0 Å². The van der Waals surface area contributed by atoms with Crippen molar-refractivity contribution in [3.05, 3.63) is 120 Å². The van der Waals surface area contributed by atoms with Crippen molar-refractivity contribution in [3.8, 4) is 17.3 Å². The Morgan fingerprint density at radius 2 is 1.39 bits per heavy atom. The molecule has 3 aliphatic rings. The van der Waals surface area contributed by atoms with Gasteiger partial charge < -0.3 is 4.74 Å². The van der Waals surface area contributed by atoms with Crippen molar-refractivity contribution in [2.24, 2.45) is 11.8 Å². The summed E-state index contributed by atoms with van der Waals surface area (Å²) in [5, 5.41) is 2.20. The average molecular weight is 680 g/mol. The van der Waals surface area contributed by atoms with Gasteiger partial charge in [-0.2, -0.15) is 0 Å². The highest BCUT2D eigenvalue weighted by Crippen LogP contribution is 2.54. The number of nitrogens with zero attached hydrogens (tertiary/aromatic N) is 4. The number of aromatic nitrogens is 2. The molecule has 0 spiro atoms. The van der Waals surface area contributed by atoms with Crippen LogP contribution < -0.4 is 14.5 Å². The molecule has 3 heterocycles. The number of carbonyl (C=O) groups is 1. The molecule has 1 aliphatic heterocycles. The highest BCUT2D eigenvalue weighted by Gasteiger charge is 2.60. The molecule has 2 aliphatic carbocycles. The quantitative estimate of drug-likeness (QED) is 0.182. The molecule has 2 bridgehead atoms. The Labute approximate surface area is 307 Å². The van der Waals surface area contributed by atoms with E-state index in [4.69, 9.17) is 16.6 Å².